The van der Waals surface area contributed by atoms with Crippen LogP contribution in [-0.4, -0.2) is 16.0 Å². The van der Waals surface area contributed by atoms with Crippen LogP contribution >= 0.6 is 0 Å². The maximum Gasteiger partial charge on any atom is 0.323 e. The third-order valence-corrected chi connectivity index (χ3v) is 3.29. The molecule has 0 bridgehead atoms. The van der Waals surface area contributed by atoms with Gasteiger partial charge in [0, 0.05) is 23.1 Å². The van der Waals surface area contributed by atoms with Gasteiger partial charge in [0.05, 0.1) is 5.69 Å². The second kappa shape index (κ2) is 6.87. The van der Waals surface area contributed by atoms with Gasteiger partial charge in [0.25, 0.3) is 0 Å². The van der Waals surface area contributed by atoms with Crippen LogP contribution in [0.5, 0.6) is 0 Å². The SMILES string of the molecule is Cc1nccc(-c2cccc(NC(=O)Nc3ccc(F)cc3)c2)n1. The Bertz CT molecular complexity index is 865. The summed E-state index contributed by atoms with van der Waals surface area (Å²) in [6, 6.07) is 14.3. The fourth-order valence-electron chi connectivity index (χ4n) is 2.20. The van der Waals surface area contributed by atoms with Crippen molar-refractivity contribution in [2.75, 3.05) is 10.6 Å². The van der Waals surface area contributed by atoms with Crippen LogP contribution in [-0.2, 0) is 0 Å². The minimum Gasteiger partial charge on any atom is -0.308 e. The van der Waals surface area contributed by atoms with E-state index in [2.05, 4.69) is 20.6 Å². The lowest BCUT2D eigenvalue weighted by molar-refractivity contribution is 0.262. The third kappa shape index (κ3) is 3.92. The van der Waals surface area contributed by atoms with Crippen molar-refractivity contribution in [2.45, 2.75) is 6.92 Å². The Labute approximate surface area is 138 Å². The number of nitrogens with zero attached hydrogens (tertiary/aromatic N) is 2. The van der Waals surface area contributed by atoms with Crippen LogP contribution in [0.2, 0.25) is 0 Å². The number of halogens is 1. The number of hydrogen-bond donors (Lipinski definition) is 2. The van der Waals surface area contributed by atoms with Gasteiger partial charge >= 0.3 is 6.03 Å². The van der Waals surface area contributed by atoms with Crippen LogP contribution in [0.4, 0.5) is 20.6 Å². The minimum absolute atomic E-state index is 0.353. The van der Waals surface area contributed by atoms with E-state index < -0.39 is 6.03 Å². The molecular weight excluding hydrogens is 307 g/mol. The van der Waals surface area contributed by atoms with Crippen LogP contribution in [0.3, 0.4) is 0 Å². The van der Waals surface area contributed by atoms with Crippen molar-refractivity contribution in [1.82, 2.24) is 9.97 Å². The molecule has 0 radical (unpaired) electrons. The van der Waals surface area contributed by atoms with Crippen molar-refractivity contribution in [1.29, 1.82) is 0 Å². The molecule has 3 rings (SSSR count). The minimum atomic E-state index is -0.405. The van der Waals surface area contributed by atoms with Gasteiger partial charge in [-0.1, -0.05) is 12.1 Å². The highest BCUT2D eigenvalue weighted by atomic mass is 19.1. The molecule has 2 aromatic carbocycles. The molecular formula is C18H15FN4O. The molecule has 1 heterocycles. The first-order valence-electron chi connectivity index (χ1n) is 7.34. The highest BCUT2D eigenvalue weighted by molar-refractivity contribution is 6.00. The first-order valence-corrected chi connectivity index (χ1v) is 7.34. The molecule has 1 aromatic heterocycles. The molecule has 3 aromatic rings. The Hall–Kier alpha value is -3.28. The molecule has 0 unspecified atom stereocenters. The Kier molecular flexibility index (Phi) is 4.47. The van der Waals surface area contributed by atoms with Crippen molar-refractivity contribution in [3.63, 3.8) is 0 Å². The molecule has 2 N–H and O–H groups in total. The summed E-state index contributed by atoms with van der Waals surface area (Å²) in [6.07, 6.45) is 1.69. The molecule has 0 aliphatic rings. The maximum absolute atomic E-state index is 12.9. The average molecular weight is 322 g/mol. The van der Waals surface area contributed by atoms with Crippen molar-refractivity contribution in [2.24, 2.45) is 0 Å². The Morgan fingerprint density at radius 1 is 1.00 bits per heavy atom. The summed E-state index contributed by atoms with van der Waals surface area (Å²) in [7, 11) is 0. The van der Waals surface area contributed by atoms with Crippen LogP contribution in [0.1, 0.15) is 5.82 Å². The summed E-state index contributed by atoms with van der Waals surface area (Å²) in [5.74, 6) is 0.328. The average Bonchev–Trinajstić information content (AvgIpc) is 2.57. The van der Waals surface area contributed by atoms with Gasteiger partial charge in [-0.15, -0.1) is 0 Å². The molecule has 6 heteroatoms. The number of aromatic nitrogens is 2. The van der Waals surface area contributed by atoms with Crippen molar-refractivity contribution in [3.05, 3.63) is 72.4 Å². The van der Waals surface area contributed by atoms with Crippen LogP contribution in [0.25, 0.3) is 11.3 Å². The van der Waals surface area contributed by atoms with Crippen molar-refractivity contribution < 1.29 is 9.18 Å². The quantitative estimate of drug-likeness (QED) is 0.758. The second-order valence-corrected chi connectivity index (χ2v) is 5.16. The number of amides is 2. The van der Waals surface area contributed by atoms with Gasteiger partial charge in [-0.3, -0.25) is 0 Å². The van der Waals surface area contributed by atoms with E-state index in [1.807, 2.05) is 31.2 Å². The molecule has 0 saturated carbocycles. The van der Waals surface area contributed by atoms with Gasteiger partial charge in [0.1, 0.15) is 11.6 Å². The number of carbonyl (C=O) groups excluding carboxylic acids is 1. The molecule has 0 atom stereocenters. The van der Waals surface area contributed by atoms with E-state index in [0.717, 1.165) is 11.3 Å². The van der Waals surface area contributed by atoms with Gasteiger partial charge in [-0.05, 0) is 49.4 Å². The van der Waals surface area contributed by atoms with Gasteiger partial charge < -0.3 is 10.6 Å². The molecule has 0 spiro atoms. The fourth-order valence-corrected chi connectivity index (χ4v) is 2.20. The summed E-state index contributed by atoms with van der Waals surface area (Å²) in [5, 5.41) is 5.39. The topological polar surface area (TPSA) is 66.9 Å². The number of hydrogen-bond acceptors (Lipinski definition) is 3. The van der Waals surface area contributed by atoms with E-state index >= 15 is 0 Å². The zero-order valence-corrected chi connectivity index (χ0v) is 13.0. The summed E-state index contributed by atoms with van der Waals surface area (Å²) >= 11 is 0. The summed E-state index contributed by atoms with van der Waals surface area (Å²) < 4.78 is 12.9. The van der Waals surface area contributed by atoms with E-state index in [1.54, 1.807) is 12.3 Å². The molecule has 2 amide bonds. The number of rotatable bonds is 3. The second-order valence-electron chi connectivity index (χ2n) is 5.16. The van der Waals surface area contributed by atoms with Gasteiger partial charge in [-0.25, -0.2) is 19.2 Å². The highest BCUT2D eigenvalue weighted by Gasteiger charge is 2.05. The highest BCUT2D eigenvalue weighted by Crippen LogP contribution is 2.21. The molecule has 0 aliphatic carbocycles. The summed E-state index contributed by atoms with van der Waals surface area (Å²) in [5.41, 5.74) is 2.80. The number of urea groups is 1. The number of aryl methyl sites for hydroxylation is 1. The van der Waals surface area contributed by atoms with Crippen LogP contribution in [0.15, 0.2) is 60.8 Å². The fraction of sp³-hybridized carbons (Fsp3) is 0.0556. The first kappa shape index (κ1) is 15.6. The number of carbonyl (C=O) groups is 1. The van der Waals surface area contributed by atoms with E-state index in [1.165, 1.54) is 24.3 Å². The predicted molar refractivity (Wildman–Crippen MR) is 91.2 cm³/mol. The number of benzene rings is 2. The maximum atomic E-state index is 12.9. The van der Waals surface area contributed by atoms with Crippen LogP contribution < -0.4 is 10.6 Å². The Morgan fingerprint density at radius 3 is 2.50 bits per heavy atom. The molecule has 0 fully saturated rings. The van der Waals surface area contributed by atoms with E-state index in [4.69, 9.17) is 0 Å². The first-order chi connectivity index (χ1) is 11.6. The Morgan fingerprint density at radius 2 is 1.75 bits per heavy atom. The molecule has 120 valence electrons. The van der Waals surface area contributed by atoms with Gasteiger partial charge in [-0.2, -0.15) is 0 Å². The van der Waals surface area contributed by atoms with E-state index in [-0.39, 0.29) is 5.82 Å². The number of nitrogens with one attached hydrogen (secondary N) is 2. The van der Waals surface area contributed by atoms with E-state index in [9.17, 15) is 9.18 Å². The monoisotopic (exact) mass is 322 g/mol. The van der Waals surface area contributed by atoms with Crippen molar-refractivity contribution >= 4 is 17.4 Å². The Balaban J connectivity index is 1.72. The van der Waals surface area contributed by atoms with Gasteiger partial charge in [0.15, 0.2) is 0 Å². The summed E-state index contributed by atoms with van der Waals surface area (Å²) in [4.78, 5) is 20.5. The standard InChI is InChI=1S/C18H15FN4O/c1-12-20-10-9-17(21-12)13-3-2-4-16(11-13)23-18(24)22-15-7-5-14(19)6-8-15/h2-11H,1H3,(H2,22,23,24). The molecule has 0 saturated heterocycles. The third-order valence-electron chi connectivity index (χ3n) is 3.29. The lowest BCUT2D eigenvalue weighted by atomic mass is 10.1. The van der Waals surface area contributed by atoms with Gasteiger partial charge in [0.2, 0.25) is 0 Å². The normalized spacial score (nSPS) is 10.2. The van der Waals surface area contributed by atoms with E-state index in [0.29, 0.717) is 17.2 Å². The molecule has 0 aliphatic heterocycles. The zero-order chi connectivity index (χ0) is 16.9. The molecule has 5 nitrogen and oxygen atoms in total. The predicted octanol–water partition coefficient (Wildman–Crippen LogP) is 4.24. The van der Waals surface area contributed by atoms with Crippen LogP contribution in [0, 0.1) is 12.7 Å². The smallest absolute Gasteiger partial charge is 0.308 e. The lowest BCUT2D eigenvalue weighted by Crippen LogP contribution is -2.19. The zero-order valence-electron chi connectivity index (χ0n) is 13.0. The largest absolute Gasteiger partial charge is 0.323 e. The molecule has 24 heavy (non-hydrogen) atoms. The van der Waals surface area contributed by atoms with Crippen molar-refractivity contribution in [3.8, 4) is 11.3 Å². The lowest BCUT2D eigenvalue weighted by Gasteiger charge is -2.09. The number of anilines is 2. The summed E-state index contributed by atoms with van der Waals surface area (Å²) in [6.45, 7) is 1.82.